The molecule has 2 aromatic rings. The number of carboxylic acid groups (broad SMARTS) is 1. The third-order valence-electron chi connectivity index (χ3n) is 4.71. The normalized spacial score (nSPS) is 16.9. The first-order valence-electron chi connectivity index (χ1n) is 9.52. The summed E-state index contributed by atoms with van der Waals surface area (Å²) in [5, 5.41) is 10.1. The van der Waals surface area contributed by atoms with E-state index in [1.165, 1.54) is 10.4 Å². The summed E-state index contributed by atoms with van der Waals surface area (Å²) >= 11 is 11.2. The largest absolute Gasteiger partial charge is 0.481 e. The number of hydrogen-bond donors (Lipinski definition) is 1. The van der Waals surface area contributed by atoms with Gasteiger partial charge in [-0.3, -0.25) is 4.79 Å². The summed E-state index contributed by atoms with van der Waals surface area (Å²) in [6.45, 7) is 4.49. The Morgan fingerprint density at radius 1 is 1.17 bits per heavy atom. The first-order valence-corrected chi connectivity index (χ1v) is 11.9. The highest BCUT2D eigenvalue weighted by atomic mass is 35.5. The smallest absolute Gasteiger partial charge is 0.307 e. The van der Waals surface area contributed by atoms with Gasteiger partial charge in [0.15, 0.2) is 0 Å². The number of nitrogens with zero attached hydrogens (tertiary/aromatic N) is 1. The molecule has 1 saturated heterocycles. The average molecular weight is 470 g/mol. The molecule has 1 unspecified atom stereocenters. The van der Waals surface area contributed by atoms with Crippen molar-refractivity contribution < 1.29 is 18.3 Å². The molecular formula is C22H25Cl2NO4S. The number of hydrogen-bond acceptors (Lipinski definition) is 3. The fraction of sp³-hybridized carbons (Fsp3) is 0.318. The number of piperidine rings is 1. The van der Waals surface area contributed by atoms with Gasteiger partial charge >= 0.3 is 5.97 Å². The quantitative estimate of drug-likeness (QED) is 0.603. The molecule has 0 aliphatic carbocycles. The number of sulfonamides is 1. The standard InChI is InChI=1S/C16H21NO4S.C6H4Cl2/c1-2-9-22(20,21)17-8-4-7-15(12-17)14-6-3-5-13(10-14)11-16(18)19;7-5-3-1-2-4-6(5)8/h2-3,5-6,10,15H,1,4,7-9,11-12H2,(H,18,19);1-4H. The first-order chi connectivity index (χ1) is 14.2. The number of carbonyl (C=O) groups is 1. The van der Waals surface area contributed by atoms with Gasteiger partial charge in [-0.2, -0.15) is 0 Å². The highest BCUT2D eigenvalue weighted by Gasteiger charge is 2.28. The summed E-state index contributed by atoms with van der Waals surface area (Å²) in [5.41, 5.74) is 1.76. The lowest BCUT2D eigenvalue weighted by molar-refractivity contribution is -0.136. The van der Waals surface area contributed by atoms with E-state index in [-0.39, 0.29) is 18.1 Å². The minimum atomic E-state index is -3.28. The average Bonchev–Trinajstić information content (AvgIpc) is 2.71. The van der Waals surface area contributed by atoms with Crippen molar-refractivity contribution >= 4 is 39.2 Å². The van der Waals surface area contributed by atoms with Crippen LogP contribution < -0.4 is 0 Å². The van der Waals surface area contributed by atoms with E-state index in [0.29, 0.717) is 23.1 Å². The molecule has 1 fully saturated rings. The van der Waals surface area contributed by atoms with Crippen LogP contribution in [0, 0.1) is 0 Å². The maximum absolute atomic E-state index is 12.2. The number of aliphatic carboxylic acids is 1. The first kappa shape index (κ1) is 24.4. The van der Waals surface area contributed by atoms with Crippen molar-refractivity contribution in [2.75, 3.05) is 18.8 Å². The second kappa shape index (κ2) is 11.5. The molecule has 0 saturated carbocycles. The second-order valence-corrected chi connectivity index (χ2v) is 9.82. The Hall–Kier alpha value is -1.86. The van der Waals surface area contributed by atoms with Gasteiger partial charge in [-0.1, -0.05) is 65.7 Å². The van der Waals surface area contributed by atoms with Gasteiger partial charge in [0.05, 0.1) is 22.2 Å². The van der Waals surface area contributed by atoms with E-state index >= 15 is 0 Å². The molecule has 3 rings (SSSR count). The van der Waals surface area contributed by atoms with E-state index in [4.69, 9.17) is 28.3 Å². The van der Waals surface area contributed by atoms with Crippen LogP contribution in [-0.2, 0) is 21.2 Å². The lowest BCUT2D eigenvalue weighted by Crippen LogP contribution is -2.40. The van der Waals surface area contributed by atoms with Crippen LogP contribution in [0.15, 0.2) is 61.2 Å². The monoisotopic (exact) mass is 469 g/mol. The topological polar surface area (TPSA) is 74.7 Å². The SMILES string of the molecule is C=CCS(=O)(=O)N1CCCC(c2cccc(CC(=O)O)c2)C1.Clc1ccccc1Cl. The van der Waals surface area contributed by atoms with Crippen molar-refractivity contribution in [3.8, 4) is 0 Å². The summed E-state index contributed by atoms with van der Waals surface area (Å²) in [5.74, 6) is -0.795. The maximum Gasteiger partial charge on any atom is 0.307 e. The summed E-state index contributed by atoms with van der Waals surface area (Å²) < 4.78 is 25.8. The van der Waals surface area contributed by atoms with Crippen molar-refractivity contribution in [3.63, 3.8) is 0 Å². The molecule has 0 bridgehead atoms. The van der Waals surface area contributed by atoms with Gasteiger partial charge < -0.3 is 5.11 Å². The minimum absolute atomic E-state index is 0.0148. The number of halogens is 2. The molecule has 5 nitrogen and oxygen atoms in total. The third-order valence-corrected chi connectivity index (χ3v) is 7.24. The van der Waals surface area contributed by atoms with Gasteiger partial charge in [0.25, 0.3) is 0 Å². The zero-order valence-electron chi connectivity index (χ0n) is 16.5. The van der Waals surface area contributed by atoms with Crippen LogP contribution in [-0.4, -0.2) is 42.6 Å². The predicted molar refractivity (Wildman–Crippen MR) is 122 cm³/mol. The number of carboxylic acids is 1. The molecule has 8 heteroatoms. The molecule has 0 amide bonds. The molecule has 2 aromatic carbocycles. The molecule has 30 heavy (non-hydrogen) atoms. The van der Waals surface area contributed by atoms with Crippen molar-refractivity contribution in [3.05, 3.63) is 82.4 Å². The van der Waals surface area contributed by atoms with Crippen molar-refractivity contribution in [2.24, 2.45) is 0 Å². The Kier molecular flexibility index (Phi) is 9.37. The molecule has 0 radical (unpaired) electrons. The van der Waals surface area contributed by atoms with E-state index in [0.717, 1.165) is 24.0 Å². The molecule has 1 N–H and O–H groups in total. The Labute approximate surface area is 188 Å². The van der Waals surface area contributed by atoms with Crippen LogP contribution in [0.3, 0.4) is 0 Å². The Bertz CT molecular complexity index is 958. The highest BCUT2D eigenvalue weighted by molar-refractivity contribution is 7.89. The van der Waals surface area contributed by atoms with E-state index < -0.39 is 16.0 Å². The van der Waals surface area contributed by atoms with Gasteiger partial charge in [0.1, 0.15) is 0 Å². The molecule has 0 aromatic heterocycles. The van der Waals surface area contributed by atoms with Crippen LogP contribution in [0.5, 0.6) is 0 Å². The second-order valence-electron chi connectivity index (χ2n) is 6.99. The van der Waals surface area contributed by atoms with Gasteiger partial charge in [0, 0.05) is 13.1 Å². The van der Waals surface area contributed by atoms with E-state index in [1.54, 1.807) is 18.2 Å². The predicted octanol–water partition coefficient (Wildman–Crippen LogP) is 5.00. The van der Waals surface area contributed by atoms with Gasteiger partial charge in [0.2, 0.25) is 10.0 Å². The van der Waals surface area contributed by atoms with Crippen LogP contribution in [0.2, 0.25) is 10.0 Å². The van der Waals surface area contributed by atoms with Crippen molar-refractivity contribution in [1.82, 2.24) is 4.31 Å². The molecule has 1 aliphatic heterocycles. The molecule has 0 spiro atoms. The van der Waals surface area contributed by atoms with Crippen LogP contribution in [0.4, 0.5) is 0 Å². The minimum Gasteiger partial charge on any atom is -0.481 e. The van der Waals surface area contributed by atoms with Crippen molar-refractivity contribution in [2.45, 2.75) is 25.2 Å². The fourth-order valence-electron chi connectivity index (χ4n) is 3.29. The lowest BCUT2D eigenvalue weighted by atomic mass is 9.90. The van der Waals surface area contributed by atoms with E-state index in [1.807, 2.05) is 30.3 Å². The number of benzene rings is 2. The zero-order chi connectivity index (χ0) is 22.1. The van der Waals surface area contributed by atoms with Gasteiger partial charge in [-0.05, 0) is 42.0 Å². The summed E-state index contributed by atoms with van der Waals surface area (Å²) in [6.07, 6.45) is 3.12. The molecular weight excluding hydrogens is 445 g/mol. The molecule has 162 valence electrons. The number of rotatable bonds is 6. The van der Waals surface area contributed by atoms with Gasteiger partial charge in [-0.15, -0.1) is 6.58 Å². The molecule has 1 aliphatic rings. The summed E-state index contributed by atoms with van der Waals surface area (Å²) in [7, 11) is -3.28. The fourth-order valence-corrected chi connectivity index (χ4v) is 4.89. The zero-order valence-corrected chi connectivity index (χ0v) is 18.8. The Balaban J connectivity index is 0.000000335. The van der Waals surface area contributed by atoms with Crippen LogP contribution in [0.1, 0.15) is 29.9 Å². The Morgan fingerprint density at radius 3 is 2.40 bits per heavy atom. The van der Waals surface area contributed by atoms with E-state index in [2.05, 4.69) is 6.58 Å². The summed E-state index contributed by atoms with van der Waals surface area (Å²) in [4.78, 5) is 10.8. The summed E-state index contributed by atoms with van der Waals surface area (Å²) in [6, 6.07) is 14.6. The van der Waals surface area contributed by atoms with Crippen molar-refractivity contribution in [1.29, 1.82) is 0 Å². The molecule has 1 heterocycles. The van der Waals surface area contributed by atoms with Gasteiger partial charge in [-0.25, -0.2) is 12.7 Å². The van der Waals surface area contributed by atoms with E-state index in [9.17, 15) is 13.2 Å². The Morgan fingerprint density at radius 2 is 1.83 bits per heavy atom. The lowest BCUT2D eigenvalue weighted by Gasteiger charge is -2.32. The molecule has 1 atom stereocenters. The third kappa shape index (κ3) is 7.43. The highest BCUT2D eigenvalue weighted by Crippen LogP contribution is 2.29. The van der Waals surface area contributed by atoms with Crippen LogP contribution >= 0.6 is 23.2 Å². The maximum atomic E-state index is 12.2. The van der Waals surface area contributed by atoms with Crippen LogP contribution in [0.25, 0.3) is 0 Å².